The van der Waals surface area contributed by atoms with Crippen molar-refractivity contribution in [2.45, 2.75) is 19.3 Å². The minimum atomic E-state index is -0.175. The average Bonchev–Trinajstić information content (AvgIpc) is 3.32. The van der Waals surface area contributed by atoms with E-state index in [-0.39, 0.29) is 12.5 Å². The molecule has 3 aromatic heterocycles. The Bertz CT molecular complexity index is 1320. The SMILES string of the molecule is COc1ccc(NC(=O)CN(C)c2nc(-c3cc4ccccc4cn3)nc3c2CCC3)nc1. The minimum absolute atomic E-state index is 0.141. The summed E-state index contributed by atoms with van der Waals surface area (Å²) in [7, 11) is 3.45. The van der Waals surface area contributed by atoms with Crippen LogP contribution in [0.1, 0.15) is 17.7 Å². The zero-order valence-electron chi connectivity index (χ0n) is 18.6. The number of ether oxygens (including phenoxy) is 1. The first-order valence-corrected chi connectivity index (χ1v) is 10.9. The highest BCUT2D eigenvalue weighted by Gasteiger charge is 2.23. The van der Waals surface area contributed by atoms with Crippen molar-refractivity contribution in [3.63, 3.8) is 0 Å². The fourth-order valence-electron chi connectivity index (χ4n) is 4.10. The highest BCUT2D eigenvalue weighted by Crippen LogP contribution is 2.31. The summed E-state index contributed by atoms with van der Waals surface area (Å²) < 4.78 is 5.11. The number of anilines is 2. The molecular formula is C25H24N6O2. The molecule has 0 bridgehead atoms. The van der Waals surface area contributed by atoms with Crippen LogP contribution in [0.25, 0.3) is 22.3 Å². The summed E-state index contributed by atoms with van der Waals surface area (Å²) in [6.07, 6.45) is 6.25. The largest absolute Gasteiger partial charge is 0.495 e. The number of carbonyl (C=O) groups excluding carboxylic acids is 1. The Morgan fingerprint density at radius 3 is 2.70 bits per heavy atom. The number of amides is 1. The first kappa shape index (κ1) is 20.8. The molecule has 0 aliphatic heterocycles. The van der Waals surface area contributed by atoms with E-state index in [1.54, 1.807) is 25.4 Å². The molecule has 0 spiro atoms. The van der Waals surface area contributed by atoms with E-state index in [1.807, 2.05) is 42.4 Å². The number of likely N-dealkylation sites (N-methyl/N-ethyl adjacent to an activating group) is 1. The molecule has 1 aliphatic rings. The Labute approximate surface area is 191 Å². The number of aryl methyl sites for hydroxylation is 1. The lowest BCUT2D eigenvalue weighted by Gasteiger charge is -2.21. The van der Waals surface area contributed by atoms with Crippen molar-refractivity contribution >= 4 is 28.3 Å². The molecule has 0 saturated heterocycles. The van der Waals surface area contributed by atoms with E-state index >= 15 is 0 Å². The fraction of sp³-hybridized carbons (Fsp3) is 0.240. The minimum Gasteiger partial charge on any atom is -0.495 e. The van der Waals surface area contributed by atoms with Crippen molar-refractivity contribution in [1.29, 1.82) is 0 Å². The van der Waals surface area contributed by atoms with E-state index < -0.39 is 0 Å². The van der Waals surface area contributed by atoms with Crippen molar-refractivity contribution < 1.29 is 9.53 Å². The van der Waals surface area contributed by atoms with Crippen LogP contribution in [-0.2, 0) is 17.6 Å². The van der Waals surface area contributed by atoms with Gasteiger partial charge in [0.25, 0.3) is 0 Å². The van der Waals surface area contributed by atoms with Crippen molar-refractivity contribution in [3.05, 3.63) is 66.1 Å². The van der Waals surface area contributed by atoms with Crippen LogP contribution < -0.4 is 15.0 Å². The van der Waals surface area contributed by atoms with Gasteiger partial charge in [0.05, 0.1) is 19.9 Å². The van der Waals surface area contributed by atoms with Gasteiger partial charge in [0.15, 0.2) is 5.82 Å². The number of pyridine rings is 2. The van der Waals surface area contributed by atoms with Crippen LogP contribution in [0.2, 0.25) is 0 Å². The molecule has 5 rings (SSSR count). The van der Waals surface area contributed by atoms with Gasteiger partial charge < -0.3 is 15.0 Å². The third-order valence-corrected chi connectivity index (χ3v) is 5.75. The highest BCUT2D eigenvalue weighted by molar-refractivity contribution is 5.93. The second-order valence-electron chi connectivity index (χ2n) is 8.05. The summed E-state index contributed by atoms with van der Waals surface area (Å²) in [6, 6.07) is 13.6. The van der Waals surface area contributed by atoms with E-state index in [2.05, 4.69) is 21.4 Å². The predicted molar refractivity (Wildman–Crippen MR) is 127 cm³/mol. The van der Waals surface area contributed by atoms with Crippen LogP contribution in [0.3, 0.4) is 0 Å². The predicted octanol–water partition coefficient (Wildman–Crippen LogP) is 3.66. The number of hydrogen-bond acceptors (Lipinski definition) is 7. The highest BCUT2D eigenvalue weighted by atomic mass is 16.5. The maximum atomic E-state index is 12.7. The molecule has 166 valence electrons. The number of aromatic nitrogens is 4. The van der Waals surface area contributed by atoms with Gasteiger partial charge in [0.1, 0.15) is 23.1 Å². The summed E-state index contributed by atoms with van der Waals surface area (Å²) in [5.74, 6) is 2.30. The van der Waals surface area contributed by atoms with Gasteiger partial charge in [-0.05, 0) is 42.8 Å². The lowest BCUT2D eigenvalue weighted by Crippen LogP contribution is -2.31. The molecule has 1 aromatic carbocycles. The van der Waals surface area contributed by atoms with Gasteiger partial charge in [-0.25, -0.2) is 15.0 Å². The molecule has 8 nitrogen and oxygen atoms in total. The molecule has 33 heavy (non-hydrogen) atoms. The summed E-state index contributed by atoms with van der Waals surface area (Å²) >= 11 is 0. The zero-order valence-corrected chi connectivity index (χ0v) is 18.6. The van der Waals surface area contributed by atoms with E-state index in [4.69, 9.17) is 14.7 Å². The van der Waals surface area contributed by atoms with Gasteiger partial charge in [0.2, 0.25) is 5.91 Å². The van der Waals surface area contributed by atoms with Gasteiger partial charge in [-0.3, -0.25) is 9.78 Å². The smallest absolute Gasteiger partial charge is 0.245 e. The number of nitrogens with zero attached hydrogens (tertiary/aromatic N) is 5. The molecule has 1 aliphatic carbocycles. The normalized spacial score (nSPS) is 12.4. The topological polar surface area (TPSA) is 93.1 Å². The van der Waals surface area contributed by atoms with Crippen LogP contribution in [0.15, 0.2) is 54.9 Å². The summed E-state index contributed by atoms with van der Waals surface area (Å²) in [5.41, 5.74) is 2.87. The van der Waals surface area contributed by atoms with Crippen LogP contribution in [0.5, 0.6) is 5.75 Å². The standard InChI is InChI=1S/C25H24N6O2/c1-31(15-23(32)29-22-11-10-18(33-2)14-27-22)25-19-8-5-9-20(19)28-24(30-25)21-12-16-6-3-4-7-17(16)13-26-21/h3-4,6-7,10-14H,5,8-9,15H2,1-2H3,(H,27,29,32). The maximum absolute atomic E-state index is 12.7. The zero-order chi connectivity index (χ0) is 22.8. The van der Waals surface area contributed by atoms with E-state index in [9.17, 15) is 4.79 Å². The van der Waals surface area contributed by atoms with Crippen molar-refractivity contribution in [3.8, 4) is 17.3 Å². The number of rotatable bonds is 6. The summed E-state index contributed by atoms with van der Waals surface area (Å²) in [4.78, 5) is 33.0. The van der Waals surface area contributed by atoms with Gasteiger partial charge in [-0.15, -0.1) is 0 Å². The first-order valence-electron chi connectivity index (χ1n) is 10.9. The van der Waals surface area contributed by atoms with Crippen molar-refractivity contribution in [1.82, 2.24) is 19.9 Å². The van der Waals surface area contributed by atoms with Crippen molar-refractivity contribution in [2.24, 2.45) is 0 Å². The first-order chi connectivity index (χ1) is 16.1. The van der Waals surface area contributed by atoms with Gasteiger partial charge in [-0.2, -0.15) is 0 Å². The lowest BCUT2D eigenvalue weighted by molar-refractivity contribution is -0.114. The van der Waals surface area contributed by atoms with Crippen LogP contribution >= 0.6 is 0 Å². The van der Waals surface area contributed by atoms with Crippen LogP contribution in [0.4, 0.5) is 11.6 Å². The van der Waals surface area contributed by atoms with Gasteiger partial charge >= 0.3 is 0 Å². The Morgan fingerprint density at radius 1 is 1.06 bits per heavy atom. The molecule has 1 amide bonds. The van der Waals surface area contributed by atoms with Crippen LogP contribution in [-0.4, -0.2) is 46.5 Å². The third-order valence-electron chi connectivity index (χ3n) is 5.75. The molecular weight excluding hydrogens is 416 g/mol. The number of carbonyl (C=O) groups is 1. The molecule has 8 heteroatoms. The molecule has 0 unspecified atom stereocenters. The molecule has 4 aromatic rings. The Hall–Kier alpha value is -4.07. The van der Waals surface area contributed by atoms with E-state index in [0.717, 1.165) is 52.8 Å². The van der Waals surface area contributed by atoms with Crippen molar-refractivity contribution in [2.75, 3.05) is 30.9 Å². The van der Waals surface area contributed by atoms with E-state index in [1.165, 1.54) is 0 Å². The monoisotopic (exact) mass is 440 g/mol. The number of benzene rings is 1. The molecule has 1 N–H and O–H groups in total. The Kier molecular flexibility index (Phi) is 5.56. The fourth-order valence-corrected chi connectivity index (χ4v) is 4.10. The second-order valence-corrected chi connectivity index (χ2v) is 8.05. The molecule has 0 atom stereocenters. The quantitative estimate of drug-likeness (QED) is 0.489. The third kappa shape index (κ3) is 4.32. The summed E-state index contributed by atoms with van der Waals surface area (Å²) in [5, 5.41) is 4.99. The lowest BCUT2D eigenvalue weighted by atomic mass is 10.1. The molecule has 3 heterocycles. The molecule has 0 saturated carbocycles. The van der Waals surface area contributed by atoms with Crippen LogP contribution in [0, 0.1) is 0 Å². The second kappa shape index (κ2) is 8.82. The van der Waals surface area contributed by atoms with E-state index in [0.29, 0.717) is 17.4 Å². The average molecular weight is 441 g/mol. The number of methoxy groups -OCH3 is 1. The molecule has 0 fully saturated rings. The summed E-state index contributed by atoms with van der Waals surface area (Å²) in [6.45, 7) is 0.141. The number of nitrogens with one attached hydrogen (secondary N) is 1. The number of fused-ring (bicyclic) bond motifs is 2. The van der Waals surface area contributed by atoms with Gasteiger partial charge in [0, 0.05) is 29.9 Å². The number of hydrogen-bond donors (Lipinski definition) is 1. The molecule has 0 radical (unpaired) electrons. The Balaban J connectivity index is 1.40. The van der Waals surface area contributed by atoms with Gasteiger partial charge in [-0.1, -0.05) is 24.3 Å². The Morgan fingerprint density at radius 2 is 1.91 bits per heavy atom. The maximum Gasteiger partial charge on any atom is 0.245 e.